The number of carboxylic acid groups (broad SMARTS) is 1. The zero-order valence-electron chi connectivity index (χ0n) is 19.5. The van der Waals surface area contributed by atoms with Crippen LogP contribution in [0.5, 0.6) is 5.75 Å². The van der Waals surface area contributed by atoms with E-state index in [0.717, 1.165) is 50.6 Å². The summed E-state index contributed by atoms with van der Waals surface area (Å²) in [6.07, 6.45) is -4.10. The van der Waals surface area contributed by atoms with Crippen molar-refractivity contribution in [2.24, 2.45) is 5.73 Å². The summed E-state index contributed by atoms with van der Waals surface area (Å²) >= 11 is 1.79. The first-order valence-corrected chi connectivity index (χ1v) is 12.1. The van der Waals surface area contributed by atoms with Gasteiger partial charge in [-0.1, -0.05) is 24.3 Å². The molecule has 0 amide bonds. The van der Waals surface area contributed by atoms with Crippen LogP contribution in [-0.2, 0) is 16.1 Å². The molecule has 2 fully saturated rings. The maximum Gasteiger partial charge on any atom is 0.490 e. The van der Waals surface area contributed by atoms with Crippen molar-refractivity contribution in [2.45, 2.75) is 31.1 Å². The molecular weight excluding hydrogens is 502 g/mol. The largest absolute Gasteiger partial charge is 0.492 e. The van der Waals surface area contributed by atoms with Gasteiger partial charge in [0.15, 0.2) is 0 Å². The molecule has 12 heteroatoms. The van der Waals surface area contributed by atoms with Gasteiger partial charge in [-0.05, 0) is 47.7 Å². The van der Waals surface area contributed by atoms with E-state index in [1.165, 1.54) is 5.56 Å². The van der Waals surface area contributed by atoms with Crippen LogP contribution < -0.4 is 10.5 Å². The van der Waals surface area contributed by atoms with Crippen molar-refractivity contribution < 1.29 is 36.9 Å². The second-order valence-corrected chi connectivity index (χ2v) is 9.47. The zero-order valence-corrected chi connectivity index (χ0v) is 20.3. The van der Waals surface area contributed by atoms with E-state index < -0.39 is 12.1 Å². The predicted octanol–water partition coefficient (Wildman–Crippen LogP) is 4.05. The van der Waals surface area contributed by atoms with Crippen LogP contribution in [0.1, 0.15) is 23.5 Å². The van der Waals surface area contributed by atoms with Crippen LogP contribution in [0, 0.1) is 5.82 Å². The number of rotatable bonds is 7. The van der Waals surface area contributed by atoms with Gasteiger partial charge in [0.25, 0.3) is 0 Å². The number of aliphatic carboxylic acids is 1. The number of carbonyl (C=O) groups is 1. The highest BCUT2D eigenvalue weighted by atomic mass is 32.2. The molecule has 2 aromatic carbocycles. The molecule has 2 atom stereocenters. The van der Waals surface area contributed by atoms with Gasteiger partial charge >= 0.3 is 12.1 Å². The molecule has 0 radical (unpaired) electrons. The zero-order chi connectivity index (χ0) is 26.1. The third kappa shape index (κ3) is 8.63. The lowest BCUT2D eigenvalue weighted by atomic mass is 9.96. The lowest BCUT2D eigenvalue weighted by Crippen LogP contribution is -2.37. The fraction of sp³-hybridized carbons (Fsp3) is 0.458. The van der Waals surface area contributed by atoms with Crippen LogP contribution in [0.4, 0.5) is 17.6 Å². The van der Waals surface area contributed by atoms with Gasteiger partial charge in [-0.3, -0.25) is 0 Å². The van der Waals surface area contributed by atoms with Crippen molar-refractivity contribution in [2.75, 3.05) is 39.5 Å². The first kappa shape index (κ1) is 28.2. The van der Waals surface area contributed by atoms with E-state index in [4.69, 9.17) is 25.1 Å². The van der Waals surface area contributed by atoms with Crippen LogP contribution in [0.3, 0.4) is 0 Å². The number of ether oxygens (including phenoxy) is 2. The maximum absolute atomic E-state index is 13.3. The molecule has 2 saturated heterocycles. The molecule has 0 spiro atoms. The Hall–Kier alpha value is -2.38. The van der Waals surface area contributed by atoms with E-state index in [1.807, 2.05) is 36.4 Å². The Labute approximate surface area is 211 Å². The summed E-state index contributed by atoms with van der Waals surface area (Å²) in [6.45, 7) is 5.44. The molecule has 3 N–H and O–H groups in total. The standard InChI is InChI=1S/C22H28FN3O2S.C2HF3O2/c23-20-6-4-18(5-7-20)19-13-21(16-28-22-3-1-2-17(12-22)14-24)26(15-19)29-25-8-10-27-11-9-25;3-2(4,5)1(6)7/h1-7,12,19,21H,8-11,13-16,24H2;(H,6,7). The molecule has 2 aliphatic heterocycles. The minimum atomic E-state index is -5.08. The van der Waals surface area contributed by atoms with Gasteiger partial charge < -0.3 is 20.3 Å². The smallest absolute Gasteiger partial charge is 0.490 e. The van der Waals surface area contributed by atoms with Crippen molar-refractivity contribution in [1.82, 2.24) is 8.61 Å². The van der Waals surface area contributed by atoms with Crippen molar-refractivity contribution in [3.63, 3.8) is 0 Å². The molecular formula is C24H29F4N3O4S. The van der Waals surface area contributed by atoms with Gasteiger partial charge in [0, 0.05) is 38.3 Å². The molecule has 198 valence electrons. The summed E-state index contributed by atoms with van der Waals surface area (Å²) in [5.74, 6) is -1.72. The summed E-state index contributed by atoms with van der Waals surface area (Å²) in [4.78, 5) is 8.90. The molecule has 0 aliphatic carbocycles. The Morgan fingerprint density at radius 3 is 2.44 bits per heavy atom. The summed E-state index contributed by atoms with van der Waals surface area (Å²) in [5.41, 5.74) is 8.00. The Morgan fingerprint density at radius 2 is 1.83 bits per heavy atom. The highest BCUT2D eigenvalue weighted by molar-refractivity contribution is 7.94. The summed E-state index contributed by atoms with van der Waals surface area (Å²) < 4.78 is 61.5. The van der Waals surface area contributed by atoms with Crippen LogP contribution >= 0.6 is 12.1 Å². The van der Waals surface area contributed by atoms with Crippen LogP contribution in [0.15, 0.2) is 48.5 Å². The number of morpholine rings is 1. The van der Waals surface area contributed by atoms with E-state index >= 15 is 0 Å². The minimum Gasteiger partial charge on any atom is -0.492 e. The molecule has 36 heavy (non-hydrogen) atoms. The fourth-order valence-corrected chi connectivity index (χ4v) is 4.98. The first-order chi connectivity index (χ1) is 17.2. The van der Waals surface area contributed by atoms with Gasteiger partial charge in [0.1, 0.15) is 18.2 Å². The normalized spacial score (nSPS) is 21.0. The van der Waals surface area contributed by atoms with Crippen molar-refractivity contribution in [3.05, 3.63) is 65.5 Å². The number of halogens is 4. The number of carboxylic acids is 1. The Kier molecular flexibility index (Phi) is 10.4. The summed E-state index contributed by atoms with van der Waals surface area (Å²) in [5, 5.41) is 7.12. The fourth-order valence-electron chi connectivity index (χ4n) is 3.85. The molecule has 2 heterocycles. The highest BCUT2D eigenvalue weighted by Crippen LogP contribution is 2.37. The monoisotopic (exact) mass is 531 g/mol. The van der Waals surface area contributed by atoms with Crippen molar-refractivity contribution >= 4 is 18.1 Å². The SMILES string of the molecule is NCc1cccc(OCC2CC(c3ccc(F)cc3)CN2SN2CCOCC2)c1.O=C(O)C(F)(F)F. The number of nitrogens with zero attached hydrogens (tertiary/aromatic N) is 2. The predicted molar refractivity (Wildman–Crippen MR) is 128 cm³/mol. The van der Waals surface area contributed by atoms with Crippen molar-refractivity contribution in [1.29, 1.82) is 0 Å². The lowest BCUT2D eigenvalue weighted by Gasteiger charge is -2.31. The molecule has 0 saturated carbocycles. The Morgan fingerprint density at radius 1 is 1.17 bits per heavy atom. The van der Waals surface area contributed by atoms with Gasteiger partial charge in [-0.25, -0.2) is 17.8 Å². The van der Waals surface area contributed by atoms with E-state index in [0.29, 0.717) is 19.1 Å². The van der Waals surface area contributed by atoms with Gasteiger partial charge in [0.2, 0.25) is 0 Å². The van der Waals surface area contributed by atoms with Crippen LogP contribution in [-0.4, -0.2) is 71.4 Å². The average Bonchev–Trinajstić information content (AvgIpc) is 3.26. The number of nitrogens with two attached hydrogens (primary N) is 1. The van der Waals surface area contributed by atoms with Crippen LogP contribution in [0.2, 0.25) is 0 Å². The number of benzene rings is 2. The second-order valence-electron chi connectivity index (χ2n) is 8.33. The second kappa shape index (κ2) is 13.2. The number of hydrogen-bond donors (Lipinski definition) is 2. The molecule has 2 aliphatic rings. The van der Waals surface area contributed by atoms with E-state index in [1.54, 1.807) is 24.3 Å². The van der Waals surface area contributed by atoms with Gasteiger partial charge in [0.05, 0.1) is 19.3 Å². The Bertz CT molecular complexity index is 975. The Balaban J connectivity index is 0.000000454. The van der Waals surface area contributed by atoms with Crippen LogP contribution in [0.25, 0.3) is 0 Å². The topological polar surface area (TPSA) is 88.3 Å². The summed E-state index contributed by atoms with van der Waals surface area (Å²) in [6, 6.07) is 15.2. The molecule has 7 nitrogen and oxygen atoms in total. The van der Waals surface area contributed by atoms with E-state index in [2.05, 4.69) is 8.61 Å². The third-order valence-corrected chi connectivity index (χ3v) is 6.97. The molecule has 0 aromatic heterocycles. The average molecular weight is 532 g/mol. The molecule has 2 aromatic rings. The lowest BCUT2D eigenvalue weighted by molar-refractivity contribution is -0.192. The molecule has 0 bridgehead atoms. The number of hydrogen-bond acceptors (Lipinski definition) is 7. The first-order valence-electron chi connectivity index (χ1n) is 11.4. The maximum atomic E-state index is 13.3. The van der Waals surface area contributed by atoms with Crippen molar-refractivity contribution in [3.8, 4) is 5.75 Å². The quantitative estimate of drug-likeness (QED) is 0.409. The number of alkyl halides is 3. The highest BCUT2D eigenvalue weighted by Gasteiger charge is 2.38. The molecule has 4 rings (SSSR count). The third-order valence-electron chi connectivity index (χ3n) is 5.72. The van der Waals surface area contributed by atoms with E-state index in [-0.39, 0.29) is 11.9 Å². The summed E-state index contributed by atoms with van der Waals surface area (Å²) in [7, 11) is 0. The van der Waals surface area contributed by atoms with E-state index in [9.17, 15) is 17.6 Å². The molecule has 2 unspecified atom stereocenters. The van der Waals surface area contributed by atoms with Gasteiger partial charge in [-0.2, -0.15) is 13.2 Å². The van der Waals surface area contributed by atoms with Gasteiger partial charge in [-0.15, -0.1) is 0 Å². The minimum absolute atomic E-state index is 0.189.